The minimum Gasteiger partial charge on any atom is -0.392 e. The van der Waals surface area contributed by atoms with Gasteiger partial charge in [0.25, 0.3) is 0 Å². The van der Waals surface area contributed by atoms with E-state index in [0.29, 0.717) is 22.7 Å². The van der Waals surface area contributed by atoms with Crippen LogP contribution in [0.2, 0.25) is 5.02 Å². The highest BCUT2D eigenvalue weighted by molar-refractivity contribution is 6.31. The van der Waals surface area contributed by atoms with Crippen LogP contribution >= 0.6 is 11.6 Å². The van der Waals surface area contributed by atoms with E-state index >= 15 is 0 Å². The van der Waals surface area contributed by atoms with Crippen LogP contribution < -0.4 is 16.0 Å². The summed E-state index contributed by atoms with van der Waals surface area (Å²) in [5.74, 6) is -1.08. The Balaban J connectivity index is 2.50. The van der Waals surface area contributed by atoms with E-state index in [1.165, 1.54) is 6.07 Å². The summed E-state index contributed by atoms with van der Waals surface area (Å²) in [6.45, 7) is 5.37. The monoisotopic (exact) mass is 425 g/mol. The van der Waals surface area contributed by atoms with E-state index in [0.717, 1.165) is 25.7 Å². The Morgan fingerprint density at radius 3 is 2.41 bits per heavy atom. The predicted octanol–water partition coefficient (Wildman–Crippen LogP) is 3.00. The highest BCUT2D eigenvalue weighted by atomic mass is 35.5. The van der Waals surface area contributed by atoms with Crippen molar-refractivity contribution in [3.8, 4) is 0 Å². The van der Waals surface area contributed by atoms with Crippen molar-refractivity contribution in [2.45, 2.75) is 65.5 Å². The average molecular weight is 426 g/mol. The van der Waals surface area contributed by atoms with Crippen molar-refractivity contribution in [3.63, 3.8) is 0 Å². The molecular weight excluding hydrogens is 394 g/mol. The second-order valence-electron chi connectivity index (χ2n) is 7.33. The number of rotatable bonds is 12. The fourth-order valence-electron chi connectivity index (χ4n) is 2.73. The summed E-state index contributed by atoms with van der Waals surface area (Å²) >= 11 is 6.00. The zero-order valence-electron chi connectivity index (χ0n) is 17.4. The van der Waals surface area contributed by atoms with Gasteiger partial charge in [0.2, 0.25) is 17.7 Å². The van der Waals surface area contributed by atoms with Gasteiger partial charge in [0, 0.05) is 17.1 Å². The van der Waals surface area contributed by atoms with Gasteiger partial charge < -0.3 is 21.1 Å². The van der Waals surface area contributed by atoms with Gasteiger partial charge in [-0.15, -0.1) is 0 Å². The van der Waals surface area contributed by atoms with Gasteiger partial charge in [-0.1, -0.05) is 57.7 Å². The van der Waals surface area contributed by atoms with Gasteiger partial charge in [0.05, 0.1) is 13.2 Å². The summed E-state index contributed by atoms with van der Waals surface area (Å²) in [4.78, 5) is 36.6. The molecule has 0 aliphatic heterocycles. The topological polar surface area (TPSA) is 108 Å². The second kappa shape index (κ2) is 13.2. The van der Waals surface area contributed by atoms with Crippen LogP contribution in [0.4, 0.5) is 5.69 Å². The molecule has 0 fully saturated rings. The molecule has 0 saturated carbocycles. The molecule has 0 aliphatic carbocycles. The molecule has 29 heavy (non-hydrogen) atoms. The summed E-state index contributed by atoms with van der Waals surface area (Å²) in [6.07, 6.45) is 4.36. The minimum atomic E-state index is -0.695. The van der Waals surface area contributed by atoms with Crippen molar-refractivity contribution in [1.82, 2.24) is 10.6 Å². The molecule has 3 amide bonds. The Morgan fingerprint density at radius 1 is 1.10 bits per heavy atom. The van der Waals surface area contributed by atoms with Crippen LogP contribution in [0.15, 0.2) is 18.2 Å². The van der Waals surface area contributed by atoms with Gasteiger partial charge in [-0.2, -0.15) is 0 Å². The molecular formula is C21H32ClN3O4. The molecule has 7 nitrogen and oxygen atoms in total. The van der Waals surface area contributed by atoms with E-state index in [4.69, 9.17) is 16.7 Å². The van der Waals surface area contributed by atoms with E-state index in [1.807, 2.05) is 13.8 Å². The van der Waals surface area contributed by atoms with Gasteiger partial charge in [0.15, 0.2) is 0 Å². The second-order valence-corrected chi connectivity index (χ2v) is 7.74. The van der Waals surface area contributed by atoms with Crippen LogP contribution in [0.3, 0.4) is 0 Å². The van der Waals surface area contributed by atoms with E-state index in [2.05, 4.69) is 22.9 Å². The lowest BCUT2D eigenvalue weighted by molar-refractivity contribution is -0.130. The molecule has 0 saturated heterocycles. The number of anilines is 1. The fraction of sp³-hybridized carbons (Fsp3) is 0.571. The molecule has 0 spiro atoms. The number of hydrogen-bond donors (Lipinski definition) is 4. The smallest absolute Gasteiger partial charge is 0.243 e. The van der Waals surface area contributed by atoms with E-state index in [9.17, 15) is 14.4 Å². The summed E-state index contributed by atoms with van der Waals surface area (Å²) in [7, 11) is 0. The first-order chi connectivity index (χ1) is 13.8. The number of amides is 3. The number of benzene rings is 1. The Morgan fingerprint density at radius 2 is 1.83 bits per heavy atom. The first kappa shape index (κ1) is 24.9. The third-order valence-electron chi connectivity index (χ3n) is 4.45. The maximum Gasteiger partial charge on any atom is 0.243 e. The number of carbonyl (C=O) groups excluding carboxylic acids is 3. The number of halogens is 1. The van der Waals surface area contributed by atoms with Crippen LogP contribution in [-0.2, 0) is 21.0 Å². The summed E-state index contributed by atoms with van der Waals surface area (Å²) in [5, 5.41) is 17.4. The summed E-state index contributed by atoms with van der Waals surface area (Å²) in [5.41, 5.74) is 1.02. The van der Waals surface area contributed by atoms with Gasteiger partial charge >= 0.3 is 0 Å². The molecule has 0 radical (unpaired) electrons. The van der Waals surface area contributed by atoms with Gasteiger partial charge in [-0.05, 0) is 30.0 Å². The van der Waals surface area contributed by atoms with Crippen LogP contribution in [0.1, 0.15) is 58.4 Å². The van der Waals surface area contributed by atoms with Crippen molar-refractivity contribution in [2.75, 3.05) is 11.9 Å². The van der Waals surface area contributed by atoms with Crippen molar-refractivity contribution >= 4 is 35.0 Å². The maximum absolute atomic E-state index is 12.4. The molecule has 0 bridgehead atoms. The Kier molecular flexibility index (Phi) is 11.3. The SMILES string of the molecule is CCCCCCC(=O)NC(C(=O)NCC(=O)Nc1ccc(CO)c(Cl)c1)C(C)C. The van der Waals surface area contributed by atoms with Crippen molar-refractivity contribution in [1.29, 1.82) is 0 Å². The van der Waals surface area contributed by atoms with Gasteiger partial charge in [-0.25, -0.2) is 0 Å². The zero-order valence-corrected chi connectivity index (χ0v) is 18.1. The Hall–Kier alpha value is -2.12. The van der Waals surface area contributed by atoms with Gasteiger partial charge in [0.1, 0.15) is 6.04 Å². The molecule has 1 aromatic rings. The summed E-state index contributed by atoms with van der Waals surface area (Å²) < 4.78 is 0. The first-order valence-electron chi connectivity index (χ1n) is 10.0. The molecule has 4 N–H and O–H groups in total. The molecule has 162 valence electrons. The van der Waals surface area contributed by atoms with Crippen molar-refractivity contribution < 1.29 is 19.5 Å². The average Bonchev–Trinajstić information content (AvgIpc) is 2.67. The molecule has 8 heteroatoms. The molecule has 0 aromatic heterocycles. The Labute approximate surface area is 177 Å². The standard InChI is InChI=1S/C21H32ClN3O4/c1-4-5-6-7-8-18(27)25-20(14(2)3)21(29)23-12-19(28)24-16-10-9-15(13-26)17(22)11-16/h9-11,14,20,26H,4-8,12-13H2,1-3H3,(H,23,29)(H,24,28)(H,25,27). The number of nitrogens with one attached hydrogen (secondary N) is 3. The zero-order chi connectivity index (χ0) is 21.8. The lowest BCUT2D eigenvalue weighted by Gasteiger charge is -2.21. The van der Waals surface area contributed by atoms with Gasteiger partial charge in [-0.3, -0.25) is 14.4 Å². The number of hydrogen-bond acceptors (Lipinski definition) is 4. The van der Waals surface area contributed by atoms with Crippen LogP contribution in [-0.4, -0.2) is 35.4 Å². The molecule has 1 rings (SSSR count). The molecule has 1 aromatic carbocycles. The maximum atomic E-state index is 12.4. The first-order valence-corrected chi connectivity index (χ1v) is 10.4. The highest BCUT2D eigenvalue weighted by Crippen LogP contribution is 2.20. The summed E-state index contributed by atoms with van der Waals surface area (Å²) in [6, 6.07) is 4.07. The van der Waals surface area contributed by atoms with E-state index in [-0.39, 0.29) is 25.0 Å². The third kappa shape index (κ3) is 9.28. The van der Waals surface area contributed by atoms with E-state index in [1.54, 1.807) is 12.1 Å². The Bertz CT molecular complexity index is 695. The lowest BCUT2D eigenvalue weighted by Crippen LogP contribution is -2.51. The molecule has 0 aliphatic rings. The number of aliphatic hydroxyl groups is 1. The molecule has 1 unspecified atom stereocenters. The van der Waals surface area contributed by atoms with Crippen molar-refractivity contribution in [3.05, 3.63) is 28.8 Å². The molecule has 0 heterocycles. The fourth-order valence-corrected chi connectivity index (χ4v) is 2.97. The number of unbranched alkanes of at least 4 members (excludes halogenated alkanes) is 3. The molecule has 1 atom stereocenters. The quantitative estimate of drug-likeness (QED) is 0.386. The normalized spacial score (nSPS) is 11.8. The van der Waals surface area contributed by atoms with E-state index < -0.39 is 17.9 Å². The minimum absolute atomic E-state index is 0.109. The van der Waals surface area contributed by atoms with Crippen LogP contribution in [0.5, 0.6) is 0 Å². The number of carbonyl (C=O) groups is 3. The predicted molar refractivity (Wildman–Crippen MR) is 115 cm³/mol. The van der Waals surface area contributed by atoms with Crippen LogP contribution in [0.25, 0.3) is 0 Å². The van der Waals surface area contributed by atoms with Crippen LogP contribution in [0, 0.1) is 5.92 Å². The van der Waals surface area contributed by atoms with Crippen molar-refractivity contribution in [2.24, 2.45) is 5.92 Å². The lowest BCUT2D eigenvalue weighted by atomic mass is 10.0. The largest absolute Gasteiger partial charge is 0.392 e. The highest BCUT2D eigenvalue weighted by Gasteiger charge is 2.24. The number of aliphatic hydroxyl groups excluding tert-OH is 1. The third-order valence-corrected chi connectivity index (χ3v) is 4.81.